The van der Waals surface area contributed by atoms with E-state index < -0.39 is 6.10 Å². The molecule has 9 heteroatoms. The van der Waals surface area contributed by atoms with Crippen LogP contribution in [0.5, 0.6) is 5.88 Å². The third-order valence-corrected chi connectivity index (χ3v) is 7.56. The first-order valence-corrected chi connectivity index (χ1v) is 12.3. The number of ketones is 1. The molecule has 0 bridgehead atoms. The number of pyridine rings is 3. The van der Waals surface area contributed by atoms with Gasteiger partial charge in [-0.2, -0.15) is 0 Å². The minimum atomic E-state index is -0.529. The van der Waals surface area contributed by atoms with Gasteiger partial charge in [-0.15, -0.1) is 11.3 Å². The Balaban J connectivity index is 1.37. The van der Waals surface area contributed by atoms with Crippen molar-refractivity contribution in [2.75, 3.05) is 25.1 Å². The maximum atomic E-state index is 13.2. The number of aliphatic hydroxyl groups excluding tert-OH is 1. The fraction of sp³-hybridized carbons (Fsp3) is 0.308. The molecule has 0 saturated carbocycles. The first-order valence-electron chi connectivity index (χ1n) is 11.5. The number of nitrogens with two attached hydrogens (primary N) is 1. The van der Waals surface area contributed by atoms with Crippen molar-refractivity contribution in [2.45, 2.75) is 25.5 Å². The number of methoxy groups -OCH3 is 1. The molecule has 4 aromatic rings. The summed E-state index contributed by atoms with van der Waals surface area (Å²) >= 11 is 1.61. The second-order valence-corrected chi connectivity index (χ2v) is 10.0. The normalized spacial score (nSPS) is 20.2. The topological polar surface area (TPSA) is 114 Å². The quantitative estimate of drug-likeness (QED) is 0.397. The lowest BCUT2D eigenvalue weighted by molar-refractivity contribution is 0.0784. The standard InChI is InChI=1S/C26H27N5O3S/c1-15-13-31(14-18(27)26(15)33)21-7-8-28-11-17(21)9-22(32)19-4-5-23-20(30-19)10-24(35-23)16-3-6-25(34-2)29-12-16/h3-8,10-12,15,18,26,33H,9,13-14,27H2,1-2H3/t15-,18+,26+/m0/s1. The average Bonchev–Trinajstić information content (AvgIpc) is 3.31. The van der Waals surface area contributed by atoms with E-state index in [-0.39, 0.29) is 24.2 Å². The summed E-state index contributed by atoms with van der Waals surface area (Å²) in [5.41, 5.74) is 10.1. The largest absolute Gasteiger partial charge is 0.481 e. The van der Waals surface area contributed by atoms with Crippen LogP contribution in [0.15, 0.2) is 55.0 Å². The highest BCUT2D eigenvalue weighted by Crippen LogP contribution is 2.33. The first kappa shape index (κ1) is 23.3. The Bertz CT molecular complexity index is 1340. The number of nitrogens with zero attached hydrogens (tertiary/aromatic N) is 4. The van der Waals surface area contributed by atoms with Crippen molar-refractivity contribution in [3.63, 3.8) is 0 Å². The number of rotatable bonds is 6. The SMILES string of the molecule is COc1ccc(-c2cc3nc(C(=O)Cc4cnccc4N4C[C@@H](N)[C@H](O)[C@@H](C)C4)ccc3s2)cn1. The predicted octanol–water partition coefficient (Wildman–Crippen LogP) is 3.33. The molecule has 4 aromatic heterocycles. The summed E-state index contributed by atoms with van der Waals surface area (Å²) in [5, 5.41) is 10.2. The number of Topliss-reactive ketones (excluding diaryl/α,β-unsaturated/α-hetero) is 1. The molecule has 5 rings (SSSR count). The van der Waals surface area contributed by atoms with E-state index in [1.165, 1.54) is 0 Å². The zero-order valence-electron chi connectivity index (χ0n) is 19.6. The molecule has 0 radical (unpaired) electrons. The van der Waals surface area contributed by atoms with E-state index in [9.17, 15) is 9.90 Å². The van der Waals surface area contributed by atoms with E-state index in [2.05, 4.69) is 19.9 Å². The van der Waals surface area contributed by atoms with Gasteiger partial charge in [-0.1, -0.05) is 6.92 Å². The van der Waals surface area contributed by atoms with Crippen molar-refractivity contribution in [1.29, 1.82) is 0 Å². The second kappa shape index (κ2) is 9.69. The summed E-state index contributed by atoms with van der Waals surface area (Å²) in [6, 6.07) is 11.1. The van der Waals surface area contributed by atoms with Gasteiger partial charge in [0, 0.05) is 77.8 Å². The lowest BCUT2D eigenvalue weighted by Crippen LogP contribution is -2.55. The van der Waals surface area contributed by atoms with Crippen LogP contribution in [0.3, 0.4) is 0 Å². The monoisotopic (exact) mass is 489 g/mol. The van der Waals surface area contributed by atoms with Crippen LogP contribution in [0.4, 0.5) is 5.69 Å². The summed E-state index contributed by atoms with van der Waals surface area (Å²) < 4.78 is 6.14. The number of thiophene rings is 1. The molecule has 35 heavy (non-hydrogen) atoms. The minimum Gasteiger partial charge on any atom is -0.481 e. The first-order chi connectivity index (χ1) is 16.9. The highest BCUT2D eigenvalue weighted by molar-refractivity contribution is 7.22. The van der Waals surface area contributed by atoms with E-state index in [1.54, 1.807) is 43.1 Å². The van der Waals surface area contributed by atoms with Crippen LogP contribution in [-0.2, 0) is 6.42 Å². The van der Waals surface area contributed by atoms with E-state index in [1.807, 2.05) is 37.3 Å². The molecule has 5 heterocycles. The van der Waals surface area contributed by atoms with Gasteiger partial charge in [-0.05, 0) is 30.3 Å². The van der Waals surface area contributed by atoms with E-state index >= 15 is 0 Å². The number of hydrogen-bond acceptors (Lipinski definition) is 9. The van der Waals surface area contributed by atoms with Crippen LogP contribution in [-0.4, -0.2) is 58.2 Å². The number of hydrogen-bond donors (Lipinski definition) is 2. The zero-order chi connectivity index (χ0) is 24.5. The minimum absolute atomic E-state index is 0.0354. The molecule has 1 fully saturated rings. The smallest absolute Gasteiger partial charge is 0.212 e. The molecule has 180 valence electrons. The maximum absolute atomic E-state index is 13.2. The fourth-order valence-corrected chi connectivity index (χ4v) is 5.50. The van der Waals surface area contributed by atoms with Crippen LogP contribution in [0, 0.1) is 5.92 Å². The third kappa shape index (κ3) is 4.75. The number of aliphatic hydroxyl groups is 1. The number of carbonyl (C=O) groups is 1. The Kier molecular flexibility index (Phi) is 6.46. The van der Waals surface area contributed by atoms with E-state index in [0.717, 1.165) is 31.9 Å². The van der Waals surface area contributed by atoms with Crippen LogP contribution in [0.1, 0.15) is 23.0 Å². The molecule has 1 aliphatic rings. The van der Waals surface area contributed by atoms with E-state index in [4.69, 9.17) is 10.5 Å². The predicted molar refractivity (Wildman–Crippen MR) is 137 cm³/mol. The molecule has 3 atom stereocenters. The van der Waals surface area contributed by atoms with Crippen molar-refractivity contribution in [3.05, 3.63) is 66.2 Å². The van der Waals surface area contributed by atoms with Crippen LogP contribution in [0.25, 0.3) is 20.7 Å². The molecular formula is C26H27N5O3S. The van der Waals surface area contributed by atoms with E-state index in [0.29, 0.717) is 24.7 Å². The Morgan fingerprint density at radius 1 is 1.23 bits per heavy atom. The molecule has 8 nitrogen and oxygen atoms in total. The molecule has 0 amide bonds. The third-order valence-electron chi connectivity index (χ3n) is 6.42. The highest BCUT2D eigenvalue weighted by atomic mass is 32.1. The lowest BCUT2D eigenvalue weighted by atomic mass is 9.92. The number of anilines is 1. The Hall–Kier alpha value is -3.40. The Morgan fingerprint density at radius 2 is 2.09 bits per heavy atom. The Labute approximate surface area is 207 Å². The fourth-order valence-electron chi connectivity index (χ4n) is 4.51. The molecule has 1 saturated heterocycles. The van der Waals surface area contributed by atoms with Gasteiger partial charge in [0.2, 0.25) is 5.88 Å². The van der Waals surface area contributed by atoms with Crippen molar-refractivity contribution in [3.8, 4) is 16.3 Å². The van der Waals surface area contributed by atoms with Crippen molar-refractivity contribution >= 4 is 33.0 Å². The summed E-state index contributed by atoms with van der Waals surface area (Å²) in [6.07, 6.45) is 4.87. The maximum Gasteiger partial charge on any atom is 0.212 e. The van der Waals surface area contributed by atoms with Gasteiger partial charge in [0.15, 0.2) is 5.78 Å². The number of piperidine rings is 1. The second-order valence-electron chi connectivity index (χ2n) is 8.92. The summed E-state index contributed by atoms with van der Waals surface area (Å²) in [7, 11) is 1.59. The van der Waals surface area contributed by atoms with Crippen molar-refractivity contribution < 1.29 is 14.6 Å². The van der Waals surface area contributed by atoms with Gasteiger partial charge in [-0.25, -0.2) is 9.97 Å². The van der Waals surface area contributed by atoms with Gasteiger partial charge in [0.25, 0.3) is 0 Å². The highest BCUT2D eigenvalue weighted by Gasteiger charge is 2.32. The molecular weight excluding hydrogens is 462 g/mol. The van der Waals surface area contributed by atoms with Gasteiger partial charge in [0.05, 0.1) is 23.4 Å². The number of ether oxygens (including phenoxy) is 1. The Morgan fingerprint density at radius 3 is 2.83 bits per heavy atom. The summed E-state index contributed by atoms with van der Waals surface area (Å²) in [6.45, 7) is 3.18. The molecule has 0 spiro atoms. The van der Waals surface area contributed by atoms with Gasteiger partial charge < -0.3 is 20.5 Å². The number of aromatic nitrogens is 3. The van der Waals surface area contributed by atoms with Gasteiger partial charge in [0.1, 0.15) is 5.69 Å². The number of carbonyl (C=O) groups excluding carboxylic acids is 1. The average molecular weight is 490 g/mol. The summed E-state index contributed by atoms with van der Waals surface area (Å²) in [4.78, 5) is 29.6. The molecule has 0 unspecified atom stereocenters. The van der Waals surface area contributed by atoms with Crippen LogP contribution < -0.4 is 15.4 Å². The lowest BCUT2D eigenvalue weighted by Gasteiger charge is -2.40. The van der Waals surface area contributed by atoms with Gasteiger partial charge in [-0.3, -0.25) is 9.78 Å². The summed E-state index contributed by atoms with van der Waals surface area (Å²) in [5.74, 6) is 0.524. The van der Waals surface area contributed by atoms with Crippen LogP contribution >= 0.6 is 11.3 Å². The molecule has 0 aromatic carbocycles. The van der Waals surface area contributed by atoms with Gasteiger partial charge >= 0.3 is 0 Å². The van der Waals surface area contributed by atoms with Crippen molar-refractivity contribution in [2.24, 2.45) is 11.7 Å². The number of fused-ring (bicyclic) bond motifs is 1. The molecule has 1 aliphatic heterocycles. The molecule has 3 N–H and O–H groups in total. The molecule has 0 aliphatic carbocycles. The zero-order valence-corrected chi connectivity index (χ0v) is 20.4. The van der Waals surface area contributed by atoms with Crippen LogP contribution in [0.2, 0.25) is 0 Å². The van der Waals surface area contributed by atoms with Crippen molar-refractivity contribution in [1.82, 2.24) is 15.0 Å².